The van der Waals surface area contributed by atoms with Gasteiger partial charge >= 0.3 is 6.09 Å². The van der Waals surface area contributed by atoms with Crippen molar-refractivity contribution in [3.8, 4) is 0 Å². The number of rotatable bonds is 5. The largest absolute Gasteiger partial charge is 0.598 e. The van der Waals surface area contributed by atoms with Crippen LogP contribution in [0.15, 0.2) is 12.1 Å². The van der Waals surface area contributed by atoms with Gasteiger partial charge < -0.3 is 18.9 Å². The lowest BCUT2D eigenvalue weighted by Crippen LogP contribution is -2.66. The second kappa shape index (κ2) is 6.52. The fourth-order valence-corrected chi connectivity index (χ4v) is 3.97. The number of amides is 1. The van der Waals surface area contributed by atoms with Crippen molar-refractivity contribution in [3.05, 3.63) is 23.8 Å². The van der Waals surface area contributed by atoms with Crippen LogP contribution >= 0.6 is 0 Å². The van der Waals surface area contributed by atoms with E-state index in [-0.39, 0.29) is 29.9 Å². The molecule has 10 heteroatoms. The summed E-state index contributed by atoms with van der Waals surface area (Å²) in [4.78, 5) is 14.8. The zero-order valence-corrected chi connectivity index (χ0v) is 15.0. The molecule has 4 rings (SSSR count). The lowest BCUT2D eigenvalue weighted by Gasteiger charge is -2.56. The molecule has 2 unspecified atom stereocenters. The van der Waals surface area contributed by atoms with Gasteiger partial charge in [0, 0.05) is 36.6 Å². The van der Waals surface area contributed by atoms with E-state index < -0.39 is 35.2 Å². The van der Waals surface area contributed by atoms with Crippen LogP contribution in [0, 0.1) is 17.0 Å². The summed E-state index contributed by atoms with van der Waals surface area (Å²) in [6, 6.07) is 2.30. The molecular weight excluding hydrogens is 368 g/mol. The highest BCUT2D eigenvalue weighted by atomic mass is 32.2. The van der Waals surface area contributed by atoms with Gasteiger partial charge in [0.25, 0.3) is 0 Å². The Morgan fingerprint density at radius 2 is 2.00 bits per heavy atom. The van der Waals surface area contributed by atoms with Gasteiger partial charge in [-0.3, -0.25) is 4.90 Å². The standard InChI is InChI=1S/C16H19F2N3O4S/c1-26(23)19-4-11-5-21(15(22)25-11)10-2-12(17)14(13(18)3-10)20-6-16(7-20)8-24-9-16/h2-3,11,19H,4-9H2,1H3. The van der Waals surface area contributed by atoms with Crippen molar-refractivity contribution in [2.24, 2.45) is 5.41 Å². The Kier molecular flexibility index (Phi) is 4.46. The number of halogens is 2. The molecule has 2 atom stereocenters. The molecule has 1 amide bonds. The molecule has 1 spiro atoms. The van der Waals surface area contributed by atoms with Crippen molar-refractivity contribution >= 4 is 28.8 Å². The van der Waals surface area contributed by atoms with Crippen LogP contribution in [0.3, 0.4) is 0 Å². The number of cyclic esters (lactones) is 1. The highest BCUT2D eigenvalue weighted by Gasteiger charge is 2.50. The molecule has 3 aliphatic heterocycles. The molecule has 1 aromatic carbocycles. The average Bonchev–Trinajstić information content (AvgIpc) is 2.85. The van der Waals surface area contributed by atoms with Crippen LogP contribution in [-0.2, 0) is 20.8 Å². The van der Waals surface area contributed by atoms with E-state index >= 15 is 0 Å². The number of anilines is 2. The van der Waals surface area contributed by atoms with E-state index in [0.29, 0.717) is 26.3 Å². The fraction of sp³-hybridized carbons (Fsp3) is 0.562. The summed E-state index contributed by atoms with van der Waals surface area (Å²) in [5.74, 6) is -1.42. The van der Waals surface area contributed by atoms with Gasteiger partial charge in [0.1, 0.15) is 18.0 Å². The van der Waals surface area contributed by atoms with Crippen molar-refractivity contribution < 1.29 is 27.6 Å². The average molecular weight is 387 g/mol. The fourth-order valence-electron chi connectivity index (χ4n) is 3.55. The van der Waals surface area contributed by atoms with Crippen molar-refractivity contribution in [2.75, 3.05) is 55.4 Å². The molecule has 7 nitrogen and oxygen atoms in total. The summed E-state index contributed by atoms with van der Waals surface area (Å²) in [6.45, 7) is 2.71. The monoisotopic (exact) mass is 387 g/mol. The van der Waals surface area contributed by atoms with Crippen LogP contribution in [-0.4, -0.2) is 62.4 Å². The molecule has 0 aliphatic carbocycles. The van der Waals surface area contributed by atoms with E-state index in [2.05, 4.69) is 4.72 Å². The third-order valence-corrected chi connectivity index (χ3v) is 5.46. The Morgan fingerprint density at radius 3 is 2.54 bits per heavy atom. The quantitative estimate of drug-likeness (QED) is 0.760. The summed E-state index contributed by atoms with van der Waals surface area (Å²) in [5.41, 5.74) is 0.0742. The third-order valence-electron chi connectivity index (χ3n) is 4.89. The summed E-state index contributed by atoms with van der Waals surface area (Å²) in [7, 11) is 0. The van der Waals surface area contributed by atoms with Crippen molar-refractivity contribution in [2.45, 2.75) is 6.10 Å². The van der Waals surface area contributed by atoms with E-state index in [4.69, 9.17) is 9.47 Å². The lowest BCUT2D eigenvalue weighted by molar-refractivity contribution is -0.127. The predicted molar refractivity (Wildman–Crippen MR) is 91.5 cm³/mol. The Bertz CT molecular complexity index is 700. The van der Waals surface area contributed by atoms with E-state index in [1.165, 1.54) is 11.2 Å². The summed E-state index contributed by atoms with van der Waals surface area (Å²) in [5, 5.41) is 0. The van der Waals surface area contributed by atoms with Crippen LogP contribution < -0.4 is 14.5 Å². The summed E-state index contributed by atoms with van der Waals surface area (Å²) in [6.07, 6.45) is 0.249. The van der Waals surface area contributed by atoms with E-state index in [1.54, 1.807) is 4.90 Å². The van der Waals surface area contributed by atoms with Crippen LogP contribution in [0.4, 0.5) is 25.0 Å². The van der Waals surface area contributed by atoms with Crippen LogP contribution in [0.5, 0.6) is 0 Å². The van der Waals surface area contributed by atoms with E-state index in [9.17, 15) is 18.1 Å². The molecule has 0 saturated carbocycles. The maximum atomic E-state index is 14.5. The van der Waals surface area contributed by atoms with E-state index in [0.717, 1.165) is 12.1 Å². The molecule has 1 aromatic rings. The molecule has 3 fully saturated rings. The summed E-state index contributed by atoms with van der Waals surface area (Å²) >= 11 is -1.24. The minimum atomic E-state index is -1.24. The molecule has 26 heavy (non-hydrogen) atoms. The number of hydrogen-bond donors (Lipinski definition) is 1. The highest BCUT2D eigenvalue weighted by molar-refractivity contribution is 7.88. The molecule has 142 valence electrons. The molecule has 0 radical (unpaired) electrons. The van der Waals surface area contributed by atoms with Gasteiger partial charge in [-0.2, -0.15) is 0 Å². The smallest absolute Gasteiger partial charge is 0.414 e. The SMILES string of the molecule is C[S+]([O-])NCC1CN(c2cc(F)c(N3CC4(COC4)C3)c(F)c2)C(=O)O1. The first-order valence-electron chi connectivity index (χ1n) is 8.24. The van der Waals surface area contributed by atoms with Crippen LogP contribution in [0.1, 0.15) is 0 Å². The number of carbonyl (C=O) groups is 1. The first-order valence-corrected chi connectivity index (χ1v) is 9.79. The highest BCUT2D eigenvalue weighted by Crippen LogP contribution is 2.42. The van der Waals surface area contributed by atoms with Gasteiger partial charge in [0.2, 0.25) is 0 Å². The number of hydrogen-bond acceptors (Lipinski definition) is 6. The molecular formula is C16H19F2N3O4S. The van der Waals surface area contributed by atoms with Gasteiger partial charge in [-0.1, -0.05) is 0 Å². The predicted octanol–water partition coefficient (Wildman–Crippen LogP) is 1.01. The molecule has 1 N–H and O–H groups in total. The van der Waals surface area contributed by atoms with Gasteiger partial charge in [-0.15, -0.1) is 4.72 Å². The van der Waals surface area contributed by atoms with E-state index in [1.807, 2.05) is 0 Å². The number of carbonyl (C=O) groups excluding carboxylic acids is 1. The lowest BCUT2D eigenvalue weighted by atomic mass is 9.77. The second-order valence-electron chi connectivity index (χ2n) is 7.03. The molecule has 3 heterocycles. The van der Waals surface area contributed by atoms with Crippen molar-refractivity contribution in [3.63, 3.8) is 0 Å². The maximum Gasteiger partial charge on any atom is 0.414 e. The number of nitrogens with zero attached hydrogens (tertiary/aromatic N) is 2. The zero-order chi connectivity index (χ0) is 18.5. The molecule has 0 aromatic heterocycles. The molecule has 3 saturated heterocycles. The van der Waals surface area contributed by atoms with Crippen LogP contribution in [0.2, 0.25) is 0 Å². The van der Waals surface area contributed by atoms with Gasteiger partial charge in [-0.05, 0) is 0 Å². The van der Waals surface area contributed by atoms with Crippen LogP contribution in [0.25, 0.3) is 0 Å². The Labute approximate surface area is 152 Å². The second-order valence-corrected chi connectivity index (χ2v) is 8.22. The first kappa shape index (κ1) is 17.8. The Hall–Kier alpha value is -1.62. The molecule has 0 bridgehead atoms. The molecule has 3 aliphatic rings. The topological polar surface area (TPSA) is 77.1 Å². The Morgan fingerprint density at radius 1 is 1.35 bits per heavy atom. The van der Waals surface area contributed by atoms with Gasteiger partial charge in [-0.25, -0.2) is 13.6 Å². The maximum absolute atomic E-state index is 14.5. The van der Waals surface area contributed by atoms with Gasteiger partial charge in [0.05, 0.1) is 37.4 Å². The van der Waals surface area contributed by atoms with Crippen molar-refractivity contribution in [1.29, 1.82) is 0 Å². The number of nitrogens with one attached hydrogen (secondary N) is 1. The summed E-state index contributed by atoms with van der Waals surface area (Å²) < 4.78 is 53.1. The minimum Gasteiger partial charge on any atom is -0.598 e. The number of benzene rings is 1. The van der Waals surface area contributed by atoms with Crippen molar-refractivity contribution in [1.82, 2.24) is 4.72 Å². The first-order chi connectivity index (χ1) is 12.4. The third kappa shape index (κ3) is 3.11. The Balaban J connectivity index is 1.47. The van der Waals surface area contributed by atoms with Gasteiger partial charge in [0.15, 0.2) is 11.6 Å². The zero-order valence-electron chi connectivity index (χ0n) is 14.2. The minimum absolute atomic E-state index is 0.0376. The normalized spacial score (nSPS) is 25.1. The number of ether oxygens (including phenoxy) is 2.